The van der Waals surface area contributed by atoms with Crippen LogP contribution >= 0.6 is 0 Å². The summed E-state index contributed by atoms with van der Waals surface area (Å²) in [4.78, 5) is 17.0. The van der Waals surface area contributed by atoms with Crippen molar-refractivity contribution in [3.8, 4) is 5.69 Å². The minimum Gasteiger partial charge on any atom is -0.305 e. The molecule has 0 spiro atoms. The molecule has 0 bridgehead atoms. The Hall–Kier alpha value is -4.77. The summed E-state index contributed by atoms with van der Waals surface area (Å²) in [6.07, 6.45) is 22.3. The van der Waals surface area contributed by atoms with Gasteiger partial charge in [-0.1, -0.05) is 85.9 Å². The van der Waals surface area contributed by atoms with Crippen molar-refractivity contribution in [2.75, 3.05) is 4.90 Å². The molecule has 3 unspecified atom stereocenters. The molecule has 0 saturated carbocycles. The van der Waals surface area contributed by atoms with E-state index in [1.807, 2.05) is 18.6 Å². The molecule has 3 aliphatic rings. The van der Waals surface area contributed by atoms with Crippen molar-refractivity contribution in [1.29, 1.82) is 0 Å². The number of pyridine rings is 1. The highest BCUT2D eigenvalue weighted by Gasteiger charge is 2.38. The predicted octanol–water partition coefficient (Wildman–Crippen LogP) is 7.68. The third kappa shape index (κ3) is 3.43. The molecule has 0 radical (unpaired) electrons. The molecule has 5 nitrogen and oxygen atoms in total. The van der Waals surface area contributed by atoms with Gasteiger partial charge in [-0.15, -0.1) is 0 Å². The fourth-order valence-electron chi connectivity index (χ4n) is 6.43. The van der Waals surface area contributed by atoms with Gasteiger partial charge in [0.15, 0.2) is 0 Å². The smallest absolute Gasteiger partial charge is 0.230 e. The van der Waals surface area contributed by atoms with Crippen LogP contribution in [0.15, 0.2) is 116 Å². The lowest BCUT2D eigenvalue weighted by Gasteiger charge is -2.26. The molecule has 39 heavy (non-hydrogen) atoms. The summed E-state index contributed by atoms with van der Waals surface area (Å²) in [5.74, 6) is 1.55. The minimum absolute atomic E-state index is 0.181. The van der Waals surface area contributed by atoms with E-state index < -0.39 is 0 Å². The molecule has 0 N–H and O–H groups in total. The normalized spacial score (nSPS) is 21.4. The van der Waals surface area contributed by atoms with Gasteiger partial charge >= 0.3 is 0 Å². The molecule has 0 amide bonds. The molecule has 188 valence electrons. The summed E-state index contributed by atoms with van der Waals surface area (Å²) in [7, 11) is 0. The van der Waals surface area contributed by atoms with E-state index in [4.69, 9.17) is 15.0 Å². The maximum atomic E-state index is 4.92. The number of benzene rings is 2. The topological polar surface area (TPSA) is 46.8 Å². The first kappa shape index (κ1) is 22.2. The van der Waals surface area contributed by atoms with Gasteiger partial charge in [-0.2, -0.15) is 0 Å². The second kappa shape index (κ2) is 8.63. The largest absolute Gasteiger partial charge is 0.305 e. The summed E-state index contributed by atoms with van der Waals surface area (Å²) < 4.78 is 2.23. The molecule has 2 aromatic carbocycles. The van der Waals surface area contributed by atoms with Crippen molar-refractivity contribution in [3.63, 3.8) is 0 Å². The maximum absolute atomic E-state index is 4.92. The Kier molecular flexibility index (Phi) is 4.92. The molecule has 3 atom stereocenters. The van der Waals surface area contributed by atoms with Crippen LogP contribution in [0.2, 0.25) is 0 Å². The lowest BCUT2D eigenvalue weighted by atomic mass is 9.92. The molecule has 8 rings (SSSR count). The van der Waals surface area contributed by atoms with Crippen molar-refractivity contribution in [1.82, 2.24) is 19.5 Å². The van der Waals surface area contributed by atoms with Gasteiger partial charge in [0.1, 0.15) is 0 Å². The van der Waals surface area contributed by atoms with Crippen LogP contribution in [-0.4, -0.2) is 25.6 Å². The number of anilines is 2. The SMILES string of the molecule is CC1C=CC=C(c2cc3c4ccccc4n(-c4cnc(N5c6ccccc6C6C=CC=CC65)nc4)c3cn2)C1. The van der Waals surface area contributed by atoms with E-state index in [1.165, 1.54) is 27.6 Å². The number of nitrogens with zero attached hydrogens (tertiary/aromatic N) is 5. The highest BCUT2D eigenvalue weighted by Crippen LogP contribution is 2.46. The summed E-state index contributed by atoms with van der Waals surface area (Å²) in [6, 6.07) is 19.5. The van der Waals surface area contributed by atoms with E-state index in [1.54, 1.807) is 0 Å². The molecule has 5 aromatic rings. The zero-order chi connectivity index (χ0) is 25.9. The zero-order valence-electron chi connectivity index (χ0n) is 21.6. The van der Waals surface area contributed by atoms with Gasteiger partial charge in [0.2, 0.25) is 5.95 Å². The first-order chi connectivity index (χ1) is 19.3. The predicted molar refractivity (Wildman–Crippen MR) is 158 cm³/mol. The Labute approximate surface area is 227 Å². The minimum atomic E-state index is 0.181. The van der Waals surface area contributed by atoms with Crippen LogP contribution in [0.4, 0.5) is 11.6 Å². The van der Waals surface area contributed by atoms with Crippen molar-refractivity contribution < 1.29 is 0 Å². The Morgan fingerprint density at radius 1 is 0.769 bits per heavy atom. The average Bonchev–Trinajstić information content (AvgIpc) is 3.50. The third-order valence-corrected chi connectivity index (χ3v) is 8.22. The average molecular weight is 506 g/mol. The molecular weight excluding hydrogens is 478 g/mol. The van der Waals surface area contributed by atoms with Crippen LogP contribution in [0.1, 0.15) is 30.5 Å². The van der Waals surface area contributed by atoms with E-state index in [-0.39, 0.29) is 6.04 Å². The van der Waals surface area contributed by atoms with Gasteiger partial charge in [-0.3, -0.25) is 4.98 Å². The highest BCUT2D eigenvalue weighted by molar-refractivity contribution is 6.09. The fraction of sp³-hybridized carbons (Fsp3) is 0.147. The number of fused-ring (bicyclic) bond motifs is 6. The number of aromatic nitrogens is 4. The Balaban J connectivity index is 1.23. The summed E-state index contributed by atoms with van der Waals surface area (Å²) in [6.45, 7) is 2.25. The zero-order valence-corrected chi connectivity index (χ0v) is 21.6. The van der Waals surface area contributed by atoms with Crippen LogP contribution in [0.25, 0.3) is 33.1 Å². The van der Waals surface area contributed by atoms with E-state index in [9.17, 15) is 0 Å². The van der Waals surface area contributed by atoms with Crippen LogP contribution < -0.4 is 4.90 Å². The van der Waals surface area contributed by atoms with Gasteiger partial charge < -0.3 is 9.47 Å². The number of allylic oxidation sites excluding steroid dienone is 6. The molecule has 3 aromatic heterocycles. The van der Waals surface area contributed by atoms with Crippen LogP contribution in [0.5, 0.6) is 0 Å². The molecule has 5 heteroatoms. The van der Waals surface area contributed by atoms with E-state index >= 15 is 0 Å². The summed E-state index contributed by atoms with van der Waals surface area (Å²) >= 11 is 0. The van der Waals surface area contributed by atoms with E-state index in [0.717, 1.165) is 28.8 Å². The quantitative estimate of drug-likeness (QED) is 0.252. The first-order valence-electron chi connectivity index (χ1n) is 13.6. The van der Waals surface area contributed by atoms with Crippen molar-refractivity contribution in [3.05, 3.63) is 127 Å². The first-order valence-corrected chi connectivity index (χ1v) is 13.6. The summed E-state index contributed by atoms with van der Waals surface area (Å²) in [5, 5.41) is 2.40. The van der Waals surface area contributed by atoms with Crippen molar-refractivity contribution in [2.24, 2.45) is 5.92 Å². The van der Waals surface area contributed by atoms with Crippen LogP contribution in [0.3, 0.4) is 0 Å². The fourth-order valence-corrected chi connectivity index (χ4v) is 6.43. The number of para-hydroxylation sites is 2. The van der Waals surface area contributed by atoms with Gasteiger partial charge in [0.25, 0.3) is 0 Å². The number of rotatable bonds is 3. The lowest BCUT2D eigenvalue weighted by molar-refractivity contribution is 0.729. The summed E-state index contributed by atoms with van der Waals surface area (Å²) in [5.41, 5.74) is 7.93. The van der Waals surface area contributed by atoms with Crippen molar-refractivity contribution >= 4 is 39.0 Å². The highest BCUT2D eigenvalue weighted by atomic mass is 15.3. The van der Waals surface area contributed by atoms with E-state index in [0.29, 0.717) is 17.8 Å². The van der Waals surface area contributed by atoms with E-state index in [2.05, 4.69) is 114 Å². The van der Waals surface area contributed by atoms with Gasteiger partial charge in [-0.25, -0.2) is 9.97 Å². The van der Waals surface area contributed by atoms with Gasteiger partial charge in [0, 0.05) is 22.4 Å². The maximum Gasteiger partial charge on any atom is 0.230 e. The lowest BCUT2D eigenvalue weighted by Crippen LogP contribution is -2.29. The number of hydrogen-bond donors (Lipinski definition) is 0. The van der Waals surface area contributed by atoms with Crippen LogP contribution in [-0.2, 0) is 0 Å². The number of hydrogen-bond acceptors (Lipinski definition) is 4. The second-order valence-corrected chi connectivity index (χ2v) is 10.7. The standard InChI is InChI=1S/C34H27N5/c1-22-9-8-10-23(17-22)29-18-28-27-13-4-5-14-30(27)38(33(28)21-35-29)24-19-36-34(37-20-24)39-31-15-6-2-11-25(31)26-12-3-7-16-32(26)39/h2-16,18-22,25,31H,17H2,1H3. The molecule has 2 aliphatic carbocycles. The Morgan fingerprint density at radius 2 is 1.59 bits per heavy atom. The monoisotopic (exact) mass is 505 g/mol. The van der Waals surface area contributed by atoms with Crippen LogP contribution in [0, 0.1) is 5.92 Å². The van der Waals surface area contributed by atoms with Gasteiger partial charge in [0.05, 0.1) is 47.0 Å². The molecule has 0 saturated heterocycles. The third-order valence-electron chi connectivity index (χ3n) is 8.22. The Bertz CT molecular complexity index is 1870. The molecular formula is C34H27N5. The second-order valence-electron chi connectivity index (χ2n) is 10.7. The molecule has 1 aliphatic heterocycles. The Morgan fingerprint density at radius 3 is 2.49 bits per heavy atom. The van der Waals surface area contributed by atoms with Gasteiger partial charge in [-0.05, 0) is 41.7 Å². The molecule has 4 heterocycles. The molecule has 0 fully saturated rings. The van der Waals surface area contributed by atoms with Crippen molar-refractivity contribution in [2.45, 2.75) is 25.3 Å².